The van der Waals surface area contributed by atoms with Gasteiger partial charge in [0.2, 0.25) is 0 Å². The Hall–Kier alpha value is -3.77. The molecule has 5 rings (SSSR count). The van der Waals surface area contributed by atoms with E-state index in [2.05, 4.69) is 43.5 Å². The van der Waals surface area contributed by atoms with Crippen molar-refractivity contribution in [2.45, 2.75) is 25.3 Å². The monoisotopic (exact) mass is 515 g/mol. The van der Waals surface area contributed by atoms with Crippen LogP contribution in [0.3, 0.4) is 0 Å². The van der Waals surface area contributed by atoms with E-state index in [0.717, 1.165) is 40.0 Å². The van der Waals surface area contributed by atoms with Crippen molar-refractivity contribution in [3.63, 3.8) is 0 Å². The van der Waals surface area contributed by atoms with E-state index in [1.807, 2.05) is 23.2 Å². The highest BCUT2D eigenvalue weighted by Gasteiger charge is 2.26. The third-order valence-electron chi connectivity index (χ3n) is 6.11. The van der Waals surface area contributed by atoms with Crippen molar-refractivity contribution >= 4 is 33.3 Å². The first-order chi connectivity index (χ1) is 16.6. The first-order valence-electron chi connectivity index (χ1n) is 11.1. The van der Waals surface area contributed by atoms with E-state index in [1.54, 1.807) is 41.2 Å². The van der Waals surface area contributed by atoms with E-state index < -0.39 is 0 Å². The number of nitrogens with zero attached hydrogens (tertiary/aromatic N) is 6. The largest absolute Gasteiger partial charge is 0.366 e. The molecule has 0 bridgehead atoms. The van der Waals surface area contributed by atoms with Crippen LogP contribution in [0.5, 0.6) is 0 Å². The summed E-state index contributed by atoms with van der Waals surface area (Å²) in [5.74, 6) is 1.12. The topological polar surface area (TPSA) is 99.2 Å². The summed E-state index contributed by atoms with van der Waals surface area (Å²) in [4.78, 5) is 23.8. The Kier molecular flexibility index (Phi) is 6.23. The maximum atomic E-state index is 12.9. The molecule has 0 spiro atoms. The molecule has 8 nitrogen and oxygen atoms in total. The second kappa shape index (κ2) is 9.61. The first-order valence-corrected chi connectivity index (χ1v) is 11.9. The molecule has 170 valence electrons. The van der Waals surface area contributed by atoms with Gasteiger partial charge in [-0.15, -0.1) is 0 Å². The van der Waals surface area contributed by atoms with Gasteiger partial charge >= 0.3 is 0 Å². The lowest BCUT2D eigenvalue weighted by molar-refractivity contribution is 0.0712. The molecule has 0 saturated carbocycles. The molecule has 0 unspecified atom stereocenters. The van der Waals surface area contributed by atoms with Crippen molar-refractivity contribution in [1.29, 1.82) is 5.26 Å². The predicted octanol–water partition coefficient (Wildman–Crippen LogP) is 4.39. The first kappa shape index (κ1) is 22.0. The van der Waals surface area contributed by atoms with Crippen molar-refractivity contribution in [2.24, 2.45) is 0 Å². The number of rotatable bonds is 5. The number of benzene rings is 1. The van der Waals surface area contributed by atoms with Crippen LogP contribution in [0.2, 0.25) is 0 Å². The fraction of sp³-hybridized carbons (Fsp3) is 0.240. The number of carbonyl (C=O) groups excluding carboxylic acids is 1. The lowest BCUT2D eigenvalue weighted by Gasteiger charge is -2.32. The maximum Gasteiger partial charge on any atom is 0.253 e. The Morgan fingerprint density at radius 1 is 1.18 bits per heavy atom. The van der Waals surface area contributed by atoms with Gasteiger partial charge in [0, 0.05) is 55.3 Å². The highest BCUT2D eigenvalue weighted by Crippen LogP contribution is 2.31. The second-order valence-electron chi connectivity index (χ2n) is 8.26. The van der Waals surface area contributed by atoms with Crippen LogP contribution in [0, 0.1) is 11.3 Å². The van der Waals surface area contributed by atoms with E-state index in [-0.39, 0.29) is 11.8 Å². The van der Waals surface area contributed by atoms with Crippen molar-refractivity contribution in [1.82, 2.24) is 24.5 Å². The second-order valence-corrected chi connectivity index (χ2v) is 9.12. The molecule has 1 aliphatic heterocycles. The van der Waals surface area contributed by atoms with Crippen LogP contribution in [-0.2, 0) is 6.54 Å². The van der Waals surface area contributed by atoms with Crippen LogP contribution in [0.15, 0.2) is 65.5 Å². The number of anilines is 1. The fourth-order valence-electron chi connectivity index (χ4n) is 4.23. The van der Waals surface area contributed by atoms with Gasteiger partial charge in [-0.05, 0) is 64.7 Å². The number of amides is 1. The minimum Gasteiger partial charge on any atom is -0.366 e. The van der Waals surface area contributed by atoms with Crippen molar-refractivity contribution in [3.05, 3.63) is 87.9 Å². The number of aromatic nitrogens is 4. The molecule has 4 aromatic rings. The van der Waals surface area contributed by atoms with Crippen LogP contribution in [0.4, 0.5) is 5.82 Å². The van der Waals surface area contributed by atoms with E-state index in [1.165, 1.54) is 0 Å². The number of hydrogen-bond donors (Lipinski definition) is 1. The number of hydrogen-bond acceptors (Lipinski definition) is 6. The number of fused-ring (bicyclic) bond motifs is 1. The quantitative estimate of drug-likeness (QED) is 0.423. The summed E-state index contributed by atoms with van der Waals surface area (Å²) >= 11 is 3.56. The summed E-state index contributed by atoms with van der Waals surface area (Å²) in [7, 11) is 0. The lowest BCUT2D eigenvalue weighted by atomic mass is 9.92. The third-order valence-corrected chi connectivity index (χ3v) is 6.67. The Morgan fingerprint density at radius 2 is 1.97 bits per heavy atom. The maximum absolute atomic E-state index is 12.9. The molecular formula is C25H22BrN7O. The molecule has 0 atom stereocenters. The van der Waals surface area contributed by atoms with Crippen molar-refractivity contribution in [2.75, 3.05) is 18.4 Å². The summed E-state index contributed by atoms with van der Waals surface area (Å²) in [5.41, 5.74) is 4.00. The molecule has 4 heterocycles. The number of halogens is 1. The highest BCUT2D eigenvalue weighted by molar-refractivity contribution is 9.10. The zero-order valence-electron chi connectivity index (χ0n) is 18.4. The van der Waals surface area contributed by atoms with E-state index in [4.69, 9.17) is 10.2 Å². The van der Waals surface area contributed by atoms with Gasteiger partial charge in [-0.2, -0.15) is 14.9 Å². The van der Waals surface area contributed by atoms with Crippen LogP contribution < -0.4 is 5.32 Å². The summed E-state index contributed by atoms with van der Waals surface area (Å²) in [5, 5.41) is 16.9. The van der Waals surface area contributed by atoms with Gasteiger partial charge in [0.05, 0.1) is 22.3 Å². The highest BCUT2D eigenvalue weighted by atomic mass is 79.9. The summed E-state index contributed by atoms with van der Waals surface area (Å²) < 4.78 is 2.64. The van der Waals surface area contributed by atoms with Crippen LogP contribution >= 0.6 is 15.9 Å². The SMILES string of the molecule is N#Cc1ccc(C(=O)N2CCC(c3cc(NCc4cccnc4)n4ncc(Br)c4n3)CC2)cc1. The Labute approximate surface area is 205 Å². The molecule has 9 heteroatoms. The molecule has 1 aromatic carbocycles. The van der Waals surface area contributed by atoms with Crippen LogP contribution in [0.25, 0.3) is 5.65 Å². The number of nitriles is 1. The molecular weight excluding hydrogens is 494 g/mol. The number of likely N-dealkylation sites (tertiary alicyclic amines) is 1. The minimum atomic E-state index is 0.00344. The fourth-order valence-corrected chi connectivity index (χ4v) is 4.58. The average molecular weight is 516 g/mol. The standard InChI is InChI=1S/C25H22BrN7O/c26-21-16-30-33-23(29-15-18-2-1-9-28-14-18)12-22(31-24(21)33)19-7-10-32(11-8-19)25(34)20-5-3-17(13-27)4-6-20/h1-6,9,12,14,16,19,29H,7-8,10-11,15H2. The average Bonchev–Trinajstić information content (AvgIpc) is 3.28. The van der Waals surface area contributed by atoms with Gasteiger partial charge in [-0.1, -0.05) is 6.07 Å². The van der Waals surface area contributed by atoms with Crippen LogP contribution in [-0.4, -0.2) is 43.5 Å². The van der Waals surface area contributed by atoms with Gasteiger partial charge in [0.15, 0.2) is 5.65 Å². The van der Waals surface area contributed by atoms with Crippen molar-refractivity contribution < 1.29 is 4.79 Å². The number of nitrogens with one attached hydrogen (secondary N) is 1. The number of piperidine rings is 1. The van der Waals surface area contributed by atoms with Gasteiger partial charge in [0.1, 0.15) is 5.82 Å². The third kappa shape index (κ3) is 4.50. The zero-order valence-corrected chi connectivity index (χ0v) is 19.9. The molecule has 1 aliphatic rings. The molecule has 1 amide bonds. The van der Waals surface area contributed by atoms with Gasteiger partial charge in [-0.3, -0.25) is 9.78 Å². The zero-order chi connectivity index (χ0) is 23.5. The molecule has 1 saturated heterocycles. The Bertz CT molecular complexity index is 1350. The molecule has 34 heavy (non-hydrogen) atoms. The van der Waals surface area contributed by atoms with E-state index in [9.17, 15) is 4.79 Å². The normalized spacial score (nSPS) is 14.2. The Morgan fingerprint density at radius 3 is 2.68 bits per heavy atom. The predicted molar refractivity (Wildman–Crippen MR) is 131 cm³/mol. The number of pyridine rings is 1. The van der Waals surface area contributed by atoms with Gasteiger partial charge in [-0.25, -0.2) is 4.98 Å². The van der Waals surface area contributed by atoms with Crippen molar-refractivity contribution in [3.8, 4) is 6.07 Å². The number of carbonyl (C=O) groups is 1. The molecule has 1 N–H and O–H groups in total. The summed E-state index contributed by atoms with van der Waals surface area (Å²) in [6.45, 7) is 1.95. The summed E-state index contributed by atoms with van der Waals surface area (Å²) in [6, 6.07) is 14.9. The molecule has 0 radical (unpaired) electrons. The Balaban J connectivity index is 1.32. The van der Waals surface area contributed by atoms with Crippen LogP contribution in [0.1, 0.15) is 45.9 Å². The van der Waals surface area contributed by atoms with E-state index >= 15 is 0 Å². The molecule has 1 fully saturated rings. The minimum absolute atomic E-state index is 0.00344. The molecule has 3 aromatic heterocycles. The van der Waals surface area contributed by atoms with E-state index in [0.29, 0.717) is 30.8 Å². The molecule has 0 aliphatic carbocycles. The van der Waals surface area contributed by atoms with Gasteiger partial charge < -0.3 is 10.2 Å². The lowest BCUT2D eigenvalue weighted by Crippen LogP contribution is -2.38. The smallest absolute Gasteiger partial charge is 0.253 e. The summed E-state index contributed by atoms with van der Waals surface area (Å²) in [6.07, 6.45) is 7.01. The van der Waals surface area contributed by atoms with Gasteiger partial charge in [0.25, 0.3) is 5.91 Å².